The van der Waals surface area contributed by atoms with Gasteiger partial charge in [-0.2, -0.15) is 0 Å². The van der Waals surface area contributed by atoms with E-state index in [9.17, 15) is 9.90 Å². The lowest BCUT2D eigenvalue weighted by molar-refractivity contribution is -0.144. The van der Waals surface area contributed by atoms with E-state index in [-0.39, 0.29) is 6.54 Å². The van der Waals surface area contributed by atoms with Gasteiger partial charge < -0.3 is 14.6 Å². The fourth-order valence-electron chi connectivity index (χ4n) is 1.68. The number of benzene rings is 1. The number of hydrogen-bond acceptors (Lipinski definition) is 4. The maximum absolute atomic E-state index is 11.5. The van der Waals surface area contributed by atoms with Crippen LogP contribution in [0.3, 0.4) is 0 Å². The van der Waals surface area contributed by atoms with Crippen LogP contribution in [0.4, 0.5) is 0 Å². The summed E-state index contributed by atoms with van der Waals surface area (Å²) in [6, 6.07) is 4.95. The highest BCUT2D eigenvalue weighted by molar-refractivity contribution is 5.80. The molecule has 0 radical (unpaired) electrons. The summed E-state index contributed by atoms with van der Waals surface area (Å²) in [6.07, 6.45) is 5.17. The summed E-state index contributed by atoms with van der Waals surface area (Å²) in [5.41, 5.74) is -0.751. The minimum absolute atomic E-state index is 0.150. The average Bonchev–Trinajstić information content (AvgIpc) is 2.43. The van der Waals surface area contributed by atoms with Crippen LogP contribution in [0.15, 0.2) is 18.2 Å². The fraction of sp³-hybridized carbons (Fsp3) is 0.357. The van der Waals surface area contributed by atoms with Gasteiger partial charge in [0.1, 0.15) is 5.54 Å². The van der Waals surface area contributed by atoms with Crippen LogP contribution in [0.25, 0.3) is 0 Å². The van der Waals surface area contributed by atoms with Crippen LogP contribution in [0.1, 0.15) is 12.5 Å². The summed E-state index contributed by atoms with van der Waals surface area (Å²) in [4.78, 5) is 11.5. The van der Waals surface area contributed by atoms with Gasteiger partial charge in [0.05, 0.1) is 20.8 Å². The molecule has 0 heterocycles. The second kappa shape index (κ2) is 6.12. The van der Waals surface area contributed by atoms with Gasteiger partial charge in [0, 0.05) is 0 Å². The van der Waals surface area contributed by atoms with Crippen LogP contribution in [-0.2, 0) is 10.3 Å². The molecule has 0 aliphatic carbocycles. The fourth-order valence-corrected chi connectivity index (χ4v) is 1.68. The molecule has 1 aromatic carbocycles. The number of carbonyl (C=O) groups is 1. The number of methoxy groups -OCH3 is 2. The van der Waals surface area contributed by atoms with Crippen LogP contribution in [0, 0.1) is 12.3 Å². The summed E-state index contributed by atoms with van der Waals surface area (Å²) in [5, 5.41) is 12.2. The topological polar surface area (TPSA) is 67.8 Å². The third-order valence-electron chi connectivity index (χ3n) is 2.93. The Hall–Kier alpha value is -2.19. The van der Waals surface area contributed by atoms with Crippen molar-refractivity contribution in [2.45, 2.75) is 12.5 Å². The maximum Gasteiger partial charge on any atom is 0.328 e. The van der Waals surface area contributed by atoms with Gasteiger partial charge in [-0.3, -0.25) is 5.32 Å². The molecule has 0 aromatic heterocycles. The van der Waals surface area contributed by atoms with Gasteiger partial charge in [-0.1, -0.05) is 12.0 Å². The monoisotopic (exact) mass is 263 g/mol. The van der Waals surface area contributed by atoms with Crippen molar-refractivity contribution in [1.29, 1.82) is 0 Å². The normalized spacial score (nSPS) is 13.2. The summed E-state index contributed by atoms with van der Waals surface area (Å²) in [6.45, 7) is 1.70. The molecule has 102 valence electrons. The SMILES string of the molecule is C#CCNC(C)(C(=O)O)c1ccc(OC)c(OC)c1. The Morgan fingerprint density at radius 3 is 2.53 bits per heavy atom. The second-order valence-corrected chi connectivity index (χ2v) is 4.06. The summed E-state index contributed by atoms with van der Waals surface area (Å²) in [5.74, 6) is 2.36. The summed E-state index contributed by atoms with van der Waals surface area (Å²) < 4.78 is 10.3. The van der Waals surface area contributed by atoms with Crippen molar-refractivity contribution in [3.05, 3.63) is 23.8 Å². The van der Waals surface area contributed by atoms with E-state index in [0.29, 0.717) is 17.1 Å². The van der Waals surface area contributed by atoms with E-state index in [1.807, 2.05) is 0 Å². The molecule has 0 saturated carbocycles. The smallest absolute Gasteiger partial charge is 0.328 e. The van der Waals surface area contributed by atoms with Crippen molar-refractivity contribution in [3.63, 3.8) is 0 Å². The van der Waals surface area contributed by atoms with E-state index in [1.165, 1.54) is 14.2 Å². The highest BCUT2D eigenvalue weighted by Crippen LogP contribution is 2.32. The molecule has 2 N–H and O–H groups in total. The van der Waals surface area contributed by atoms with Crippen molar-refractivity contribution >= 4 is 5.97 Å². The Bertz CT molecular complexity index is 507. The molecule has 0 amide bonds. The molecule has 1 aromatic rings. The number of rotatable bonds is 6. The molecule has 0 aliphatic rings. The van der Waals surface area contributed by atoms with Crippen molar-refractivity contribution in [3.8, 4) is 23.8 Å². The number of carboxylic acid groups (broad SMARTS) is 1. The highest BCUT2D eigenvalue weighted by Gasteiger charge is 2.35. The van der Waals surface area contributed by atoms with E-state index in [4.69, 9.17) is 15.9 Å². The molecule has 0 bridgehead atoms. The van der Waals surface area contributed by atoms with Gasteiger partial charge in [0.2, 0.25) is 0 Å². The lowest BCUT2D eigenvalue weighted by Crippen LogP contribution is -2.46. The van der Waals surface area contributed by atoms with Crippen LogP contribution >= 0.6 is 0 Å². The molecule has 1 atom stereocenters. The second-order valence-electron chi connectivity index (χ2n) is 4.06. The zero-order valence-electron chi connectivity index (χ0n) is 11.2. The van der Waals surface area contributed by atoms with Gasteiger partial charge in [0.25, 0.3) is 0 Å². The first-order valence-electron chi connectivity index (χ1n) is 5.64. The average molecular weight is 263 g/mol. The number of ether oxygens (including phenoxy) is 2. The van der Waals surface area contributed by atoms with Crippen molar-refractivity contribution in [2.24, 2.45) is 0 Å². The number of aliphatic carboxylic acids is 1. The molecule has 5 nitrogen and oxygen atoms in total. The third kappa shape index (κ3) is 2.98. The first-order valence-corrected chi connectivity index (χ1v) is 5.64. The van der Waals surface area contributed by atoms with Gasteiger partial charge in [-0.25, -0.2) is 4.79 Å². The van der Waals surface area contributed by atoms with Crippen LogP contribution in [0.5, 0.6) is 11.5 Å². The standard InChI is InChI=1S/C14H17NO4/c1-5-8-15-14(2,13(16)17)10-6-7-11(18-3)12(9-10)19-4/h1,6-7,9,15H,8H2,2-4H3,(H,16,17). The van der Waals surface area contributed by atoms with E-state index < -0.39 is 11.5 Å². The molecule has 0 fully saturated rings. The lowest BCUT2D eigenvalue weighted by atomic mass is 9.91. The van der Waals surface area contributed by atoms with E-state index in [0.717, 1.165) is 0 Å². The van der Waals surface area contributed by atoms with E-state index >= 15 is 0 Å². The predicted molar refractivity (Wildman–Crippen MR) is 71.4 cm³/mol. The number of hydrogen-bond donors (Lipinski definition) is 2. The molecule has 1 unspecified atom stereocenters. The zero-order valence-corrected chi connectivity index (χ0v) is 11.2. The molecule has 1 rings (SSSR count). The number of carboxylic acids is 1. The van der Waals surface area contributed by atoms with Gasteiger partial charge in [-0.05, 0) is 24.6 Å². The minimum Gasteiger partial charge on any atom is -0.493 e. The first-order chi connectivity index (χ1) is 8.99. The Labute approximate surface area is 112 Å². The molecule has 19 heavy (non-hydrogen) atoms. The van der Waals surface area contributed by atoms with Crippen molar-refractivity contribution in [1.82, 2.24) is 5.32 Å². The molecule has 0 spiro atoms. The van der Waals surface area contributed by atoms with E-state index in [1.54, 1.807) is 25.1 Å². The van der Waals surface area contributed by atoms with Crippen LogP contribution in [-0.4, -0.2) is 31.8 Å². The van der Waals surface area contributed by atoms with Crippen molar-refractivity contribution < 1.29 is 19.4 Å². The Balaban J connectivity index is 3.24. The van der Waals surface area contributed by atoms with Gasteiger partial charge >= 0.3 is 5.97 Å². The predicted octanol–water partition coefficient (Wildman–Crippen LogP) is 1.23. The summed E-state index contributed by atoms with van der Waals surface area (Å²) >= 11 is 0. The summed E-state index contributed by atoms with van der Waals surface area (Å²) in [7, 11) is 3.01. The van der Waals surface area contributed by atoms with Gasteiger partial charge in [-0.15, -0.1) is 6.42 Å². The quantitative estimate of drug-likeness (QED) is 0.755. The largest absolute Gasteiger partial charge is 0.493 e. The minimum atomic E-state index is -1.29. The lowest BCUT2D eigenvalue weighted by Gasteiger charge is -2.26. The maximum atomic E-state index is 11.5. The Morgan fingerprint density at radius 1 is 1.42 bits per heavy atom. The number of nitrogens with one attached hydrogen (secondary N) is 1. The molecule has 5 heteroatoms. The molecule has 0 saturated heterocycles. The number of terminal acetylenes is 1. The van der Waals surface area contributed by atoms with Crippen LogP contribution in [0.2, 0.25) is 0 Å². The molecular weight excluding hydrogens is 246 g/mol. The van der Waals surface area contributed by atoms with Crippen LogP contribution < -0.4 is 14.8 Å². The van der Waals surface area contributed by atoms with E-state index in [2.05, 4.69) is 11.2 Å². The Morgan fingerprint density at radius 2 is 2.05 bits per heavy atom. The van der Waals surface area contributed by atoms with Crippen molar-refractivity contribution in [2.75, 3.05) is 20.8 Å². The molecule has 0 aliphatic heterocycles. The van der Waals surface area contributed by atoms with Gasteiger partial charge in [0.15, 0.2) is 11.5 Å². The third-order valence-corrected chi connectivity index (χ3v) is 2.93. The highest BCUT2D eigenvalue weighted by atomic mass is 16.5. The Kier molecular flexibility index (Phi) is 4.79. The molecular formula is C14H17NO4. The first kappa shape index (κ1) is 14.9. The zero-order chi connectivity index (χ0) is 14.5.